The molecule has 0 aliphatic rings. The van der Waals surface area contributed by atoms with Crippen molar-refractivity contribution in [1.29, 1.82) is 0 Å². The van der Waals surface area contributed by atoms with Crippen molar-refractivity contribution < 1.29 is 4.79 Å². The predicted molar refractivity (Wildman–Crippen MR) is 62.0 cm³/mol. The number of amides is 1. The Bertz CT molecular complexity index is 471. The Morgan fingerprint density at radius 1 is 1.40 bits per heavy atom. The number of nitrogens with zero attached hydrogens (tertiary/aromatic N) is 2. The number of anilines is 1. The molecule has 1 amide bonds. The molecule has 1 N–H and O–H groups in total. The Hall–Kier alpha value is -1.27. The molecular formula is C9H6BrN3OS. The van der Waals surface area contributed by atoms with Gasteiger partial charge in [0.25, 0.3) is 5.91 Å². The van der Waals surface area contributed by atoms with Crippen LogP contribution in [-0.2, 0) is 0 Å². The molecule has 4 nitrogen and oxygen atoms in total. The number of aromatic nitrogens is 2. The van der Waals surface area contributed by atoms with Gasteiger partial charge in [0.15, 0.2) is 0 Å². The third kappa shape index (κ3) is 2.60. The van der Waals surface area contributed by atoms with E-state index < -0.39 is 0 Å². The summed E-state index contributed by atoms with van der Waals surface area (Å²) in [5.74, 6) is 0.115. The number of halogens is 1. The van der Waals surface area contributed by atoms with Gasteiger partial charge in [-0.15, -0.1) is 11.3 Å². The van der Waals surface area contributed by atoms with Gasteiger partial charge < -0.3 is 0 Å². The third-order valence-corrected chi connectivity index (χ3v) is 3.27. The van der Waals surface area contributed by atoms with E-state index in [1.807, 2.05) is 5.38 Å². The lowest BCUT2D eigenvalue weighted by atomic mass is 10.4. The van der Waals surface area contributed by atoms with E-state index in [9.17, 15) is 4.79 Å². The number of thiophene rings is 1. The molecule has 0 saturated carbocycles. The quantitative estimate of drug-likeness (QED) is 0.922. The van der Waals surface area contributed by atoms with Crippen molar-refractivity contribution in [3.63, 3.8) is 0 Å². The van der Waals surface area contributed by atoms with Crippen LogP contribution in [0.5, 0.6) is 0 Å². The number of carbonyl (C=O) groups excluding carboxylic acids is 1. The van der Waals surface area contributed by atoms with Crippen molar-refractivity contribution in [3.05, 3.63) is 39.3 Å². The van der Waals surface area contributed by atoms with Crippen molar-refractivity contribution >= 4 is 39.1 Å². The van der Waals surface area contributed by atoms with Crippen LogP contribution in [0.2, 0.25) is 0 Å². The highest BCUT2D eigenvalue weighted by atomic mass is 79.9. The van der Waals surface area contributed by atoms with Gasteiger partial charge >= 0.3 is 0 Å². The molecular weight excluding hydrogens is 278 g/mol. The molecule has 0 unspecified atom stereocenters. The summed E-state index contributed by atoms with van der Waals surface area (Å²) < 4.78 is 0.895. The minimum Gasteiger partial charge on any atom is -0.290 e. The van der Waals surface area contributed by atoms with Crippen LogP contribution in [0.3, 0.4) is 0 Å². The topological polar surface area (TPSA) is 54.9 Å². The summed E-state index contributed by atoms with van der Waals surface area (Å²) >= 11 is 4.65. The molecule has 0 saturated heterocycles. The second kappa shape index (κ2) is 4.50. The molecule has 76 valence electrons. The van der Waals surface area contributed by atoms with Crippen molar-refractivity contribution in [1.82, 2.24) is 9.97 Å². The first-order valence-corrected chi connectivity index (χ1v) is 5.75. The zero-order valence-corrected chi connectivity index (χ0v) is 9.88. The number of hydrogen-bond donors (Lipinski definition) is 1. The van der Waals surface area contributed by atoms with Crippen LogP contribution in [0.4, 0.5) is 5.95 Å². The van der Waals surface area contributed by atoms with Gasteiger partial charge in [-0.25, -0.2) is 9.97 Å². The standard InChI is InChI=1S/C9H6BrN3OS/c10-6-4-7(15-5-6)8(14)13-9-11-2-1-3-12-9/h1-5H,(H,11,12,13,14). The fourth-order valence-corrected chi connectivity index (χ4v) is 2.28. The van der Waals surface area contributed by atoms with Crippen LogP contribution in [0.25, 0.3) is 0 Å². The van der Waals surface area contributed by atoms with Crippen molar-refractivity contribution in [2.24, 2.45) is 0 Å². The minimum absolute atomic E-state index is 0.197. The van der Waals surface area contributed by atoms with Crippen molar-refractivity contribution in [2.75, 3.05) is 5.32 Å². The fraction of sp³-hybridized carbons (Fsp3) is 0. The second-order valence-electron chi connectivity index (χ2n) is 2.66. The van der Waals surface area contributed by atoms with Gasteiger partial charge in [-0.2, -0.15) is 0 Å². The number of carbonyl (C=O) groups is 1. The van der Waals surface area contributed by atoms with E-state index in [2.05, 4.69) is 31.2 Å². The van der Waals surface area contributed by atoms with E-state index in [0.717, 1.165) is 4.47 Å². The average molecular weight is 284 g/mol. The highest BCUT2D eigenvalue weighted by Gasteiger charge is 2.09. The van der Waals surface area contributed by atoms with E-state index in [0.29, 0.717) is 10.8 Å². The van der Waals surface area contributed by atoms with Gasteiger partial charge in [0.2, 0.25) is 5.95 Å². The Morgan fingerprint density at radius 3 is 2.73 bits per heavy atom. The SMILES string of the molecule is O=C(Nc1ncccn1)c1cc(Br)cs1. The lowest BCUT2D eigenvalue weighted by Gasteiger charge is -1.99. The number of hydrogen-bond acceptors (Lipinski definition) is 4. The summed E-state index contributed by atoms with van der Waals surface area (Å²) in [6, 6.07) is 3.44. The Balaban J connectivity index is 2.11. The molecule has 0 fully saturated rings. The van der Waals surface area contributed by atoms with E-state index in [1.54, 1.807) is 24.5 Å². The zero-order chi connectivity index (χ0) is 10.7. The second-order valence-corrected chi connectivity index (χ2v) is 4.48. The largest absolute Gasteiger partial charge is 0.290 e. The molecule has 0 radical (unpaired) electrons. The third-order valence-electron chi connectivity index (χ3n) is 1.58. The first-order chi connectivity index (χ1) is 7.25. The summed E-state index contributed by atoms with van der Waals surface area (Å²) in [6.45, 7) is 0. The molecule has 15 heavy (non-hydrogen) atoms. The number of nitrogens with one attached hydrogen (secondary N) is 1. The molecule has 2 rings (SSSR count). The highest BCUT2D eigenvalue weighted by Crippen LogP contribution is 2.20. The molecule has 0 atom stereocenters. The van der Waals surface area contributed by atoms with Gasteiger partial charge in [-0.1, -0.05) is 0 Å². The predicted octanol–water partition coefficient (Wildman–Crippen LogP) is 2.55. The molecule has 0 aliphatic heterocycles. The van der Waals surface area contributed by atoms with Gasteiger partial charge in [0.05, 0.1) is 4.88 Å². The van der Waals surface area contributed by atoms with E-state index >= 15 is 0 Å². The molecule has 0 aromatic carbocycles. The Labute approximate surface area is 98.5 Å². The first-order valence-electron chi connectivity index (χ1n) is 4.08. The summed E-state index contributed by atoms with van der Waals surface area (Å²) in [7, 11) is 0. The van der Waals surface area contributed by atoms with Crippen LogP contribution in [-0.4, -0.2) is 15.9 Å². The van der Waals surface area contributed by atoms with Gasteiger partial charge in [0, 0.05) is 22.2 Å². The van der Waals surface area contributed by atoms with Crippen LogP contribution < -0.4 is 5.32 Å². The average Bonchev–Trinajstić information content (AvgIpc) is 2.66. The summed E-state index contributed by atoms with van der Waals surface area (Å²) in [5, 5.41) is 4.45. The molecule has 0 bridgehead atoms. The lowest BCUT2D eigenvalue weighted by Crippen LogP contribution is -2.12. The molecule has 0 aliphatic carbocycles. The molecule has 2 heterocycles. The smallest absolute Gasteiger partial charge is 0.268 e. The van der Waals surface area contributed by atoms with Crippen LogP contribution >= 0.6 is 27.3 Å². The highest BCUT2D eigenvalue weighted by molar-refractivity contribution is 9.10. The van der Waals surface area contributed by atoms with Gasteiger partial charge in [-0.3, -0.25) is 10.1 Å². The molecule has 0 spiro atoms. The Kier molecular flexibility index (Phi) is 3.08. The van der Waals surface area contributed by atoms with Crippen molar-refractivity contribution in [2.45, 2.75) is 0 Å². The van der Waals surface area contributed by atoms with E-state index in [1.165, 1.54) is 11.3 Å². The summed E-state index contributed by atoms with van der Waals surface area (Å²) in [6.07, 6.45) is 3.15. The van der Waals surface area contributed by atoms with Crippen LogP contribution in [0.1, 0.15) is 9.67 Å². The van der Waals surface area contributed by atoms with E-state index in [-0.39, 0.29) is 5.91 Å². The minimum atomic E-state index is -0.197. The van der Waals surface area contributed by atoms with Crippen LogP contribution in [0, 0.1) is 0 Å². The van der Waals surface area contributed by atoms with Crippen LogP contribution in [0.15, 0.2) is 34.4 Å². The maximum absolute atomic E-state index is 11.6. The number of rotatable bonds is 2. The van der Waals surface area contributed by atoms with Gasteiger partial charge in [0.1, 0.15) is 0 Å². The van der Waals surface area contributed by atoms with Gasteiger partial charge in [-0.05, 0) is 28.1 Å². The molecule has 6 heteroatoms. The maximum atomic E-state index is 11.6. The maximum Gasteiger partial charge on any atom is 0.268 e. The zero-order valence-electron chi connectivity index (χ0n) is 7.48. The fourth-order valence-electron chi connectivity index (χ4n) is 0.959. The lowest BCUT2D eigenvalue weighted by molar-refractivity contribution is 0.102. The first kappa shape index (κ1) is 10.3. The summed E-state index contributed by atoms with van der Waals surface area (Å²) in [5.41, 5.74) is 0. The van der Waals surface area contributed by atoms with Crippen molar-refractivity contribution in [3.8, 4) is 0 Å². The monoisotopic (exact) mass is 283 g/mol. The normalized spacial score (nSPS) is 9.93. The molecule has 2 aromatic heterocycles. The van der Waals surface area contributed by atoms with E-state index in [4.69, 9.17) is 0 Å². The Morgan fingerprint density at radius 2 is 2.13 bits per heavy atom. The molecule has 2 aromatic rings. The summed E-state index contributed by atoms with van der Waals surface area (Å²) in [4.78, 5) is 20.0.